The minimum absolute atomic E-state index is 0. The summed E-state index contributed by atoms with van der Waals surface area (Å²) in [6.07, 6.45) is 0. The molecule has 4 heteroatoms. The summed E-state index contributed by atoms with van der Waals surface area (Å²) in [7, 11) is 0. The molecule has 0 bridgehead atoms. The molecule has 0 aliphatic carbocycles. The molecule has 0 aromatic heterocycles. The van der Waals surface area contributed by atoms with Gasteiger partial charge in [0.1, 0.15) is 0 Å². The average molecular weight is 156 g/mol. The molecule has 1 radical (unpaired) electrons. The maximum Gasteiger partial charge on any atom is 0 e. The van der Waals surface area contributed by atoms with E-state index in [0.29, 0.717) is 0 Å². The van der Waals surface area contributed by atoms with E-state index in [4.69, 9.17) is 0 Å². The van der Waals surface area contributed by atoms with E-state index in [1.165, 1.54) is 0 Å². The van der Waals surface area contributed by atoms with Crippen molar-refractivity contribution in [2.45, 2.75) is 0 Å². The second-order valence-electron chi connectivity index (χ2n) is 0. The van der Waals surface area contributed by atoms with Crippen LogP contribution in [0.1, 0.15) is 0 Å². The van der Waals surface area contributed by atoms with E-state index < -0.39 is 0 Å². The molecule has 0 spiro atoms. The fourth-order valence-corrected chi connectivity index (χ4v) is 0. The van der Waals surface area contributed by atoms with Gasteiger partial charge in [0.15, 0.2) is 0 Å². The van der Waals surface area contributed by atoms with E-state index in [9.17, 15) is 0 Å². The summed E-state index contributed by atoms with van der Waals surface area (Å²) in [4.78, 5) is 0. The summed E-state index contributed by atoms with van der Waals surface area (Å²) in [5.41, 5.74) is 0. The molecule has 0 saturated heterocycles. The van der Waals surface area contributed by atoms with Crippen LogP contribution in [0.5, 0.6) is 0 Å². The van der Waals surface area contributed by atoms with Gasteiger partial charge in [0.2, 0.25) is 0 Å². The first-order valence-corrected chi connectivity index (χ1v) is 0. The summed E-state index contributed by atoms with van der Waals surface area (Å²) in [5, 5.41) is 0. The van der Waals surface area contributed by atoms with Gasteiger partial charge < -0.3 is 11.0 Å². The van der Waals surface area contributed by atoms with E-state index in [1.54, 1.807) is 0 Å². The van der Waals surface area contributed by atoms with Crippen molar-refractivity contribution in [3.05, 3.63) is 0 Å². The molecule has 0 atom stereocenters. The molecule has 0 aliphatic rings. The molecule has 2 nitrogen and oxygen atoms in total. The van der Waals surface area contributed by atoms with Gasteiger partial charge in [0.25, 0.3) is 0 Å². The second-order valence-corrected chi connectivity index (χ2v) is 0. The Morgan fingerprint density at radius 2 is 0.750 bits per heavy atom. The van der Waals surface area contributed by atoms with Crippen molar-refractivity contribution in [1.82, 2.24) is 0 Å². The van der Waals surface area contributed by atoms with Crippen LogP contribution in [0.2, 0.25) is 0 Å². The smallest absolute Gasteiger partial charge is 0 e. The van der Waals surface area contributed by atoms with Crippen molar-refractivity contribution in [2.75, 3.05) is 0 Å². The summed E-state index contributed by atoms with van der Waals surface area (Å²) in [6, 6.07) is 0. The summed E-state index contributed by atoms with van der Waals surface area (Å²) < 4.78 is 0. The van der Waals surface area contributed by atoms with Crippen LogP contribution in [-0.4, -0.2) is 11.0 Å². The van der Waals surface area contributed by atoms with E-state index in [-0.39, 0.29) is 47.5 Å². The Balaban J connectivity index is 0. The van der Waals surface area contributed by atoms with Crippen molar-refractivity contribution < 1.29 is 47.5 Å². The third-order valence-corrected chi connectivity index (χ3v) is 0. The Labute approximate surface area is 47.8 Å². The molecule has 0 aromatic carbocycles. The van der Waals surface area contributed by atoms with E-state index in [2.05, 4.69) is 0 Å². The molecule has 4 heavy (non-hydrogen) atoms. The first kappa shape index (κ1) is 74.0. The van der Waals surface area contributed by atoms with Crippen LogP contribution in [0.15, 0.2) is 0 Å². The van der Waals surface area contributed by atoms with Gasteiger partial charge in [-0.25, -0.2) is 0 Å². The van der Waals surface area contributed by atoms with E-state index >= 15 is 0 Å². The Bertz CT molecular complexity index is 6.00. The molecule has 0 aliphatic heterocycles. The summed E-state index contributed by atoms with van der Waals surface area (Å²) in [5.74, 6) is 0. The van der Waals surface area contributed by atoms with Crippen LogP contribution in [0.25, 0.3) is 0 Å². The minimum Gasteiger partial charge on any atom is -0.412 e. The third kappa shape index (κ3) is 11.5. The zero-order valence-corrected chi connectivity index (χ0v) is 6.23. The average Bonchev–Trinajstić information content (AvgIpc) is 0. The van der Waals surface area contributed by atoms with Gasteiger partial charge >= 0.3 is 0 Å². The number of hydrogen-bond acceptors (Lipinski definition) is 0. The second kappa shape index (κ2) is 33.7. The largest absolute Gasteiger partial charge is 0.412 e. The fraction of sp³-hybridized carbons (Fsp3) is 0. The van der Waals surface area contributed by atoms with Gasteiger partial charge in [-0.2, -0.15) is 0 Å². The molecule has 0 amide bonds. The van der Waals surface area contributed by atoms with Crippen LogP contribution in [-0.2, 0) is 36.5 Å². The van der Waals surface area contributed by atoms with Crippen molar-refractivity contribution in [1.29, 1.82) is 0 Å². The molecule has 0 unspecified atom stereocenters. The van der Waals surface area contributed by atoms with Crippen molar-refractivity contribution in [3.8, 4) is 0 Å². The van der Waals surface area contributed by atoms with E-state index in [0.717, 1.165) is 0 Å². The Morgan fingerprint density at radius 1 is 0.750 bits per heavy atom. The van der Waals surface area contributed by atoms with Crippen LogP contribution in [0.3, 0.4) is 0 Å². The molecule has 0 fully saturated rings. The van der Waals surface area contributed by atoms with E-state index in [1.807, 2.05) is 0 Å². The maximum absolute atomic E-state index is 0. The number of rotatable bonds is 0. The normalized spacial score (nSPS) is 0. The zero-order valence-electron chi connectivity index (χ0n) is 2.09. The van der Waals surface area contributed by atoms with Crippen molar-refractivity contribution >= 4 is 0 Å². The summed E-state index contributed by atoms with van der Waals surface area (Å²) >= 11 is 0. The molecule has 0 saturated carbocycles. The topological polar surface area (TPSA) is 63.0 Å². The predicted molar refractivity (Wildman–Crippen MR) is 7.23 cm³/mol. The Hall–Kier alpha value is 1.06. The first-order valence-electron chi connectivity index (χ1n) is 0. The fourth-order valence-electron chi connectivity index (χ4n) is 0. The molecule has 0 heterocycles. The van der Waals surface area contributed by atoms with Crippen LogP contribution < -0.4 is 0 Å². The molecular weight excluding hydrogens is 152 g/mol. The number of hydrogen-bond donors (Lipinski definition) is 0. The molecule has 0 aromatic rings. The molecule has 4 N–H and O–H groups in total. The molecular formula is H4MnO2Zn. The Kier molecular flexibility index (Phi) is 624. The van der Waals surface area contributed by atoms with Gasteiger partial charge in [-0.15, -0.1) is 0 Å². The minimum atomic E-state index is 0. The predicted octanol–water partition coefficient (Wildman–Crippen LogP) is -1.65. The standard InChI is InChI=1S/Mn.2H2O.Zn/h;2*1H2;. The van der Waals surface area contributed by atoms with Crippen molar-refractivity contribution in [3.63, 3.8) is 0 Å². The SMILES string of the molecule is O.O.[Mn].[Zn]. The monoisotopic (exact) mass is 155 g/mol. The van der Waals surface area contributed by atoms with Gasteiger partial charge in [0.05, 0.1) is 0 Å². The van der Waals surface area contributed by atoms with Crippen LogP contribution >= 0.6 is 0 Å². The van der Waals surface area contributed by atoms with Gasteiger partial charge in [-0.1, -0.05) is 0 Å². The van der Waals surface area contributed by atoms with Gasteiger partial charge in [-0.3, -0.25) is 0 Å². The zero-order chi connectivity index (χ0) is 0. The van der Waals surface area contributed by atoms with Crippen LogP contribution in [0, 0.1) is 0 Å². The van der Waals surface area contributed by atoms with Crippen molar-refractivity contribution in [2.24, 2.45) is 0 Å². The quantitative estimate of drug-likeness (QED) is 0.377. The maximum atomic E-state index is 0. The van der Waals surface area contributed by atoms with Crippen LogP contribution in [0.4, 0.5) is 0 Å². The summed E-state index contributed by atoms with van der Waals surface area (Å²) in [6.45, 7) is 0. The Morgan fingerprint density at radius 3 is 0.750 bits per heavy atom. The molecule has 0 rings (SSSR count). The molecule has 25 valence electrons. The first-order chi connectivity index (χ1) is 0. The van der Waals surface area contributed by atoms with Gasteiger partial charge in [-0.05, 0) is 0 Å². The third-order valence-electron chi connectivity index (χ3n) is 0. The van der Waals surface area contributed by atoms with Gasteiger partial charge in [0, 0.05) is 36.5 Å².